The second kappa shape index (κ2) is 7.64. The Hall–Kier alpha value is -1.07. The lowest BCUT2D eigenvalue weighted by Gasteiger charge is -2.27. The minimum Gasteiger partial charge on any atom is -0.468 e. The van der Waals surface area contributed by atoms with Crippen LogP contribution in [0.15, 0.2) is 22.8 Å². The molecule has 1 aromatic rings. The van der Waals surface area contributed by atoms with Crippen LogP contribution >= 0.6 is 12.2 Å². The first-order chi connectivity index (χ1) is 9.66. The largest absolute Gasteiger partial charge is 0.468 e. The van der Waals surface area contributed by atoms with E-state index in [0.29, 0.717) is 6.04 Å². The number of rotatable bonds is 5. The van der Waals surface area contributed by atoms with Crippen LogP contribution in [0.1, 0.15) is 43.9 Å². The Labute approximate surface area is 126 Å². The van der Waals surface area contributed by atoms with E-state index < -0.39 is 0 Å². The Morgan fingerprint density at radius 3 is 2.75 bits per heavy atom. The highest BCUT2D eigenvalue weighted by molar-refractivity contribution is 7.80. The fourth-order valence-electron chi connectivity index (χ4n) is 2.69. The van der Waals surface area contributed by atoms with Gasteiger partial charge in [-0.1, -0.05) is 19.3 Å². The number of hydrogen-bond acceptors (Lipinski definition) is 3. The highest BCUT2D eigenvalue weighted by atomic mass is 32.1. The van der Waals surface area contributed by atoms with Crippen molar-refractivity contribution in [2.75, 3.05) is 20.6 Å². The van der Waals surface area contributed by atoms with Crippen LogP contribution in [0.5, 0.6) is 0 Å². The van der Waals surface area contributed by atoms with E-state index in [0.717, 1.165) is 17.4 Å². The zero-order chi connectivity index (χ0) is 14.4. The number of nitrogens with zero attached hydrogens (tertiary/aromatic N) is 1. The van der Waals surface area contributed by atoms with Crippen LogP contribution in [-0.4, -0.2) is 36.7 Å². The predicted octanol–water partition coefficient (Wildman–Crippen LogP) is 2.68. The minimum absolute atomic E-state index is 0.191. The molecular weight excluding hydrogens is 270 g/mol. The number of furan rings is 1. The van der Waals surface area contributed by atoms with Crippen molar-refractivity contribution in [1.82, 2.24) is 15.5 Å². The molecule has 1 saturated carbocycles. The summed E-state index contributed by atoms with van der Waals surface area (Å²) >= 11 is 5.40. The molecular formula is C15H25N3OS. The van der Waals surface area contributed by atoms with Crippen LogP contribution in [0.3, 0.4) is 0 Å². The molecule has 2 rings (SSSR count). The van der Waals surface area contributed by atoms with E-state index >= 15 is 0 Å². The van der Waals surface area contributed by atoms with Crippen molar-refractivity contribution >= 4 is 17.3 Å². The third-order valence-electron chi connectivity index (χ3n) is 3.89. The van der Waals surface area contributed by atoms with Crippen molar-refractivity contribution in [1.29, 1.82) is 0 Å². The molecule has 4 nitrogen and oxygen atoms in total. The first-order valence-corrected chi connectivity index (χ1v) is 7.82. The molecule has 112 valence electrons. The molecule has 1 atom stereocenters. The third kappa shape index (κ3) is 4.49. The molecule has 0 aromatic carbocycles. The molecule has 0 spiro atoms. The van der Waals surface area contributed by atoms with E-state index in [9.17, 15) is 0 Å². The van der Waals surface area contributed by atoms with Gasteiger partial charge in [-0.05, 0) is 51.3 Å². The fourth-order valence-corrected chi connectivity index (χ4v) is 2.94. The molecule has 5 heteroatoms. The van der Waals surface area contributed by atoms with E-state index in [4.69, 9.17) is 16.6 Å². The van der Waals surface area contributed by atoms with Gasteiger partial charge in [-0.3, -0.25) is 4.90 Å². The van der Waals surface area contributed by atoms with Crippen LogP contribution in [0.2, 0.25) is 0 Å². The Bertz CT molecular complexity index is 399. The van der Waals surface area contributed by atoms with Crippen molar-refractivity contribution in [3.05, 3.63) is 24.2 Å². The average Bonchev–Trinajstić information content (AvgIpc) is 2.93. The SMILES string of the molecule is CN(C)[C@@H](CNC(=S)NC1CCCCC1)c1ccco1. The molecule has 0 saturated heterocycles. The third-order valence-corrected chi connectivity index (χ3v) is 4.15. The summed E-state index contributed by atoms with van der Waals surface area (Å²) in [5.41, 5.74) is 0. The van der Waals surface area contributed by atoms with E-state index in [2.05, 4.69) is 15.5 Å². The topological polar surface area (TPSA) is 40.4 Å². The second-order valence-electron chi connectivity index (χ2n) is 5.68. The summed E-state index contributed by atoms with van der Waals surface area (Å²) in [5, 5.41) is 7.51. The molecule has 1 aliphatic carbocycles. The molecule has 1 aliphatic rings. The van der Waals surface area contributed by atoms with Crippen LogP contribution in [-0.2, 0) is 0 Å². The molecule has 1 aromatic heterocycles. The maximum absolute atomic E-state index is 5.49. The van der Waals surface area contributed by atoms with Gasteiger partial charge < -0.3 is 15.1 Å². The van der Waals surface area contributed by atoms with Gasteiger partial charge in [0.15, 0.2) is 5.11 Å². The van der Waals surface area contributed by atoms with Crippen LogP contribution < -0.4 is 10.6 Å². The van der Waals surface area contributed by atoms with Gasteiger partial charge in [0.25, 0.3) is 0 Å². The maximum atomic E-state index is 5.49. The van der Waals surface area contributed by atoms with Gasteiger partial charge in [0.05, 0.1) is 12.3 Å². The molecule has 20 heavy (non-hydrogen) atoms. The maximum Gasteiger partial charge on any atom is 0.166 e. The van der Waals surface area contributed by atoms with Crippen molar-refractivity contribution in [2.24, 2.45) is 0 Å². The summed E-state index contributed by atoms with van der Waals surface area (Å²) in [4.78, 5) is 2.13. The molecule has 0 bridgehead atoms. The first kappa shape index (κ1) is 15.3. The van der Waals surface area contributed by atoms with E-state index in [-0.39, 0.29) is 6.04 Å². The lowest BCUT2D eigenvalue weighted by Crippen LogP contribution is -2.45. The van der Waals surface area contributed by atoms with Crippen LogP contribution in [0, 0.1) is 0 Å². The summed E-state index contributed by atoms with van der Waals surface area (Å²) in [6.07, 6.45) is 8.16. The van der Waals surface area contributed by atoms with Crippen molar-refractivity contribution in [2.45, 2.75) is 44.2 Å². The van der Waals surface area contributed by atoms with Crippen LogP contribution in [0.4, 0.5) is 0 Å². The van der Waals surface area contributed by atoms with Crippen molar-refractivity contribution < 1.29 is 4.42 Å². The highest BCUT2D eigenvalue weighted by Crippen LogP contribution is 2.18. The highest BCUT2D eigenvalue weighted by Gasteiger charge is 2.18. The van der Waals surface area contributed by atoms with Gasteiger partial charge in [-0.25, -0.2) is 0 Å². The normalized spacial score (nSPS) is 17.9. The van der Waals surface area contributed by atoms with Crippen LogP contribution in [0.25, 0.3) is 0 Å². The number of thiocarbonyl (C=S) groups is 1. The summed E-state index contributed by atoms with van der Waals surface area (Å²) in [7, 11) is 4.10. The Morgan fingerprint density at radius 1 is 1.40 bits per heavy atom. The molecule has 0 aliphatic heterocycles. The summed E-state index contributed by atoms with van der Waals surface area (Å²) in [6.45, 7) is 0.749. The smallest absolute Gasteiger partial charge is 0.166 e. The zero-order valence-corrected chi connectivity index (χ0v) is 13.2. The second-order valence-corrected chi connectivity index (χ2v) is 6.09. The standard InChI is InChI=1S/C15H25N3OS/c1-18(2)13(14-9-6-10-19-14)11-16-15(20)17-12-7-4-3-5-8-12/h6,9-10,12-13H,3-5,7-8,11H2,1-2H3,(H2,16,17,20)/t13-/m0/s1. The van der Waals surface area contributed by atoms with Crippen molar-refractivity contribution in [3.8, 4) is 0 Å². The predicted molar refractivity (Wildman–Crippen MR) is 85.7 cm³/mol. The lowest BCUT2D eigenvalue weighted by molar-refractivity contribution is 0.258. The lowest BCUT2D eigenvalue weighted by atomic mass is 9.96. The van der Waals surface area contributed by atoms with E-state index in [1.165, 1.54) is 32.1 Å². The Balaban J connectivity index is 1.78. The average molecular weight is 295 g/mol. The summed E-state index contributed by atoms with van der Waals surface area (Å²) in [5.74, 6) is 0.961. The molecule has 0 radical (unpaired) electrons. The van der Waals surface area contributed by atoms with Gasteiger partial charge in [0, 0.05) is 12.6 Å². The van der Waals surface area contributed by atoms with Gasteiger partial charge in [-0.2, -0.15) is 0 Å². The van der Waals surface area contributed by atoms with E-state index in [1.807, 2.05) is 26.2 Å². The molecule has 0 unspecified atom stereocenters. The van der Waals surface area contributed by atoms with Gasteiger partial charge in [0.1, 0.15) is 5.76 Å². The Kier molecular flexibility index (Phi) is 5.86. The van der Waals surface area contributed by atoms with Gasteiger partial charge in [-0.15, -0.1) is 0 Å². The molecule has 1 heterocycles. The van der Waals surface area contributed by atoms with E-state index in [1.54, 1.807) is 6.26 Å². The molecule has 2 N–H and O–H groups in total. The number of hydrogen-bond donors (Lipinski definition) is 2. The van der Waals surface area contributed by atoms with Crippen molar-refractivity contribution in [3.63, 3.8) is 0 Å². The molecule has 0 amide bonds. The summed E-state index contributed by atoms with van der Waals surface area (Å²) < 4.78 is 5.49. The monoisotopic (exact) mass is 295 g/mol. The Morgan fingerprint density at radius 2 is 2.15 bits per heavy atom. The quantitative estimate of drug-likeness (QED) is 0.817. The summed E-state index contributed by atoms with van der Waals surface area (Å²) in [6, 6.07) is 4.66. The molecule has 1 fully saturated rings. The van der Waals surface area contributed by atoms with Gasteiger partial charge in [0.2, 0.25) is 0 Å². The number of nitrogens with one attached hydrogen (secondary N) is 2. The fraction of sp³-hybridized carbons (Fsp3) is 0.667. The number of likely N-dealkylation sites (N-methyl/N-ethyl adjacent to an activating group) is 1. The zero-order valence-electron chi connectivity index (χ0n) is 12.4. The van der Waals surface area contributed by atoms with Gasteiger partial charge >= 0.3 is 0 Å². The first-order valence-electron chi connectivity index (χ1n) is 7.41. The minimum atomic E-state index is 0.191.